The second-order valence-electron chi connectivity index (χ2n) is 6.73. The van der Waals surface area contributed by atoms with E-state index in [4.69, 9.17) is 4.74 Å². The Morgan fingerprint density at radius 1 is 1.35 bits per heavy atom. The molecule has 0 spiro atoms. The third kappa shape index (κ3) is 4.41. The lowest BCUT2D eigenvalue weighted by molar-refractivity contribution is 0.131. The molecule has 4 heteroatoms. The number of fused-ring (bicyclic) bond motifs is 1. The molecule has 4 nitrogen and oxygen atoms in total. The van der Waals surface area contributed by atoms with Crippen molar-refractivity contribution < 1.29 is 4.74 Å². The molecular formula is C19H27N3O. The summed E-state index contributed by atoms with van der Waals surface area (Å²) in [6.45, 7) is 9.11. The van der Waals surface area contributed by atoms with E-state index in [2.05, 4.69) is 33.6 Å². The van der Waals surface area contributed by atoms with Gasteiger partial charge in [0, 0.05) is 31.9 Å². The maximum atomic E-state index is 6.16. The van der Waals surface area contributed by atoms with Crippen molar-refractivity contribution in [3.8, 4) is 5.88 Å². The largest absolute Gasteiger partial charge is 0.473 e. The lowest BCUT2D eigenvalue weighted by atomic mass is 9.86. The highest BCUT2D eigenvalue weighted by molar-refractivity contribution is 5.08. The summed E-state index contributed by atoms with van der Waals surface area (Å²) < 4.78 is 6.16. The van der Waals surface area contributed by atoms with Gasteiger partial charge in [-0.1, -0.05) is 18.2 Å². The van der Waals surface area contributed by atoms with E-state index in [-0.39, 0.29) is 6.10 Å². The molecular weight excluding hydrogens is 286 g/mol. The van der Waals surface area contributed by atoms with Crippen LogP contribution in [0.1, 0.15) is 31.5 Å². The monoisotopic (exact) mass is 313 g/mol. The van der Waals surface area contributed by atoms with Crippen molar-refractivity contribution in [2.24, 2.45) is 11.8 Å². The number of aryl methyl sites for hydroxylation is 1. The summed E-state index contributed by atoms with van der Waals surface area (Å²) in [5.41, 5.74) is 0. The van der Waals surface area contributed by atoms with Crippen LogP contribution >= 0.6 is 0 Å². The molecule has 0 bridgehead atoms. The van der Waals surface area contributed by atoms with Crippen LogP contribution in [0.2, 0.25) is 0 Å². The Morgan fingerprint density at radius 3 is 2.74 bits per heavy atom. The average Bonchev–Trinajstić information content (AvgIpc) is 2.95. The van der Waals surface area contributed by atoms with Gasteiger partial charge >= 0.3 is 0 Å². The Labute approximate surface area is 139 Å². The first-order valence-electron chi connectivity index (χ1n) is 8.69. The molecule has 23 heavy (non-hydrogen) atoms. The molecule has 0 unspecified atom stereocenters. The van der Waals surface area contributed by atoms with E-state index in [1.54, 1.807) is 6.20 Å². The highest BCUT2D eigenvalue weighted by atomic mass is 16.5. The minimum atomic E-state index is 0.162. The molecule has 1 aromatic rings. The third-order valence-corrected chi connectivity index (χ3v) is 4.89. The second kappa shape index (κ2) is 7.73. The summed E-state index contributed by atoms with van der Waals surface area (Å²) in [5.74, 6) is 3.11. The van der Waals surface area contributed by atoms with Crippen molar-refractivity contribution >= 4 is 0 Å². The number of aromatic nitrogens is 2. The molecule has 0 saturated carbocycles. The number of hydrogen-bond acceptors (Lipinski definition) is 4. The highest BCUT2D eigenvalue weighted by Crippen LogP contribution is 2.33. The quantitative estimate of drug-likeness (QED) is 0.723. The van der Waals surface area contributed by atoms with Crippen molar-refractivity contribution in [1.29, 1.82) is 0 Å². The van der Waals surface area contributed by atoms with E-state index in [1.165, 1.54) is 25.9 Å². The molecule has 124 valence electrons. The minimum absolute atomic E-state index is 0.162. The van der Waals surface area contributed by atoms with Crippen molar-refractivity contribution in [3.05, 3.63) is 42.9 Å². The van der Waals surface area contributed by atoms with Crippen molar-refractivity contribution in [2.45, 2.75) is 38.7 Å². The smallest absolute Gasteiger partial charge is 0.216 e. The first-order chi connectivity index (χ1) is 11.2. The highest BCUT2D eigenvalue weighted by Gasteiger charge is 2.33. The summed E-state index contributed by atoms with van der Waals surface area (Å²) in [7, 11) is 0. The van der Waals surface area contributed by atoms with E-state index < -0.39 is 0 Å². The van der Waals surface area contributed by atoms with Crippen LogP contribution < -0.4 is 4.74 Å². The Hall–Kier alpha value is -1.68. The van der Waals surface area contributed by atoms with Gasteiger partial charge in [0.1, 0.15) is 11.9 Å². The first kappa shape index (κ1) is 16.2. The fourth-order valence-electron chi connectivity index (χ4n) is 3.71. The zero-order chi connectivity index (χ0) is 16.1. The summed E-state index contributed by atoms with van der Waals surface area (Å²) in [6.07, 6.45) is 13.0. The summed E-state index contributed by atoms with van der Waals surface area (Å²) in [6, 6.07) is 1.85. The number of likely N-dealkylation sites (tertiary alicyclic amines) is 1. The number of nitrogens with zero attached hydrogens (tertiary/aromatic N) is 3. The molecule has 1 fully saturated rings. The molecule has 0 radical (unpaired) electrons. The Morgan fingerprint density at radius 2 is 2.09 bits per heavy atom. The molecule has 2 heterocycles. The predicted molar refractivity (Wildman–Crippen MR) is 92.4 cm³/mol. The molecule has 0 amide bonds. The zero-order valence-electron chi connectivity index (χ0n) is 14.0. The van der Waals surface area contributed by atoms with Gasteiger partial charge in [-0.2, -0.15) is 4.98 Å². The molecule has 2 aliphatic rings. The lowest BCUT2D eigenvalue weighted by Crippen LogP contribution is -2.34. The van der Waals surface area contributed by atoms with Crippen LogP contribution in [0.25, 0.3) is 0 Å². The van der Waals surface area contributed by atoms with Gasteiger partial charge in [-0.15, -0.1) is 6.58 Å². The summed E-state index contributed by atoms with van der Waals surface area (Å²) in [5, 5.41) is 0. The molecule has 1 aliphatic carbocycles. The van der Waals surface area contributed by atoms with Crippen LogP contribution in [-0.2, 0) is 0 Å². The van der Waals surface area contributed by atoms with Crippen LogP contribution in [0, 0.1) is 18.8 Å². The second-order valence-corrected chi connectivity index (χ2v) is 6.73. The third-order valence-electron chi connectivity index (χ3n) is 4.89. The van der Waals surface area contributed by atoms with E-state index >= 15 is 0 Å². The molecule has 1 aromatic heterocycles. The van der Waals surface area contributed by atoms with Crippen molar-refractivity contribution in [3.63, 3.8) is 0 Å². The van der Waals surface area contributed by atoms with Crippen LogP contribution in [0.5, 0.6) is 5.88 Å². The maximum absolute atomic E-state index is 6.16. The summed E-state index contributed by atoms with van der Waals surface area (Å²) in [4.78, 5) is 11.1. The van der Waals surface area contributed by atoms with Crippen LogP contribution in [0.15, 0.2) is 37.1 Å². The van der Waals surface area contributed by atoms with Crippen molar-refractivity contribution in [2.75, 3.05) is 19.6 Å². The van der Waals surface area contributed by atoms with E-state index in [0.717, 1.165) is 37.0 Å². The van der Waals surface area contributed by atoms with Gasteiger partial charge in [0.05, 0.1) is 0 Å². The Kier molecular flexibility index (Phi) is 5.44. The van der Waals surface area contributed by atoms with Gasteiger partial charge in [0.25, 0.3) is 0 Å². The Balaban J connectivity index is 1.59. The van der Waals surface area contributed by atoms with E-state index in [0.29, 0.717) is 5.88 Å². The van der Waals surface area contributed by atoms with Gasteiger partial charge < -0.3 is 4.74 Å². The zero-order valence-corrected chi connectivity index (χ0v) is 14.0. The predicted octanol–water partition coefficient (Wildman–Crippen LogP) is 3.40. The van der Waals surface area contributed by atoms with Crippen LogP contribution in [0.4, 0.5) is 0 Å². The standard InChI is InChI=1S/C19H27N3O/c1-3-4-9-18(23-19-10-11-20-15(2)21-19)14-22-12-16-7-5-6-8-17(16)13-22/h3,5-6,10-11,16-18H,1,4,7-9,12-14H2,2H3/t16-,17+,18-/m1/s1. The molecule has 0 N–H and O–H groups in total. The van der Waals surface area contributed by atoms with E-state index in [9.17, 15) is 0 Å². The maximum Gasteiger partial charge on any atom is 0.216 e. The molecule has 0 aromatic carbocycles. The normalized spacial score (nSPS) is 25.1. The van der Waals surface area contributed by atoms with Crippen molar-refractivity contribution in [1.82, 2.24) is 14.9 Å². The Bertz CT molecular complexity index is 541. The van der Waals surface area contributed by atoms with E-state index in [1.807, 2.05) is 19.1 Å². The van der Waals surface area contributed by atoms with Gasteiger partial charge in [-0.05, 0) is 44.4 Å². The average molecular weight is 313 g/mol. The topological polar surface area (TPSA) is 38.2 Å². The van der Waals surface area contributed by atoms with Crippen LogP contribution in [-0.4, -0.2) is 40.6 Å². The molecule has 1 saturated heterocycles. The number of rotatable bonds is 7. The lowest BCUT2D eigenvalue weighted by Gasteiger charge is -2.24. The SMILES string of the molecule is C=CCC[C@H](CN1C[C@H]2CC=CC[C@H]2C1)Oc1ccnc(C)n1. The molecule has 3 atom stereocenters. The van der Waals surface area contributed by atoms with Crippen LogP contribution in [0.3, 0.4) is 0 Å². The fourth-order valence-corrected chi connectivity index (χ4v) is 3.71. The molecule has 1 aliphatic heterocycles. The number of ether oxygens (including phenoxy) is 1. The number of hydrogen-bond donors (Lipinski definition) is 0. The molecule has 3 rings (SSSR count). The van der Waals surface area contributed by atoms with Gasteiger partial charge in [-0.25, -0.2) is 4.98 Å². The van der Waals surface area contributed by atoms with Gasteiger partial charge in [0.2, 0.25) is 5.88 Å². The fraction of sp³-hybridized carbons (Fsp3) is 0.579. The first-order valence-corrected chi connectivity index (χ1v) is 8.69. The minimum Gasteiger partial charge on any atom is -0.473 e. The van der Waals surface area contributed by atoms with Gasteiger partial charge in [-0.3, -0.25) is 4.90 Å². The van der Waals surface area contributed by atoms with Gasteiger partial charge in [0.15, 0.2) is 0 Å². The number of allylic oxidation sites excluding steroid dienone is 3. The summed E-state index contributed by atoms with van der Waals surface area (Å²) >= 11 is 0.